The highest BCUT2D eigenvalue weighted by Gasteiger charge is 2.29. The maximum atomic E-state index is 2.38. The summed E-state index contributed by atoms with van der Waals surface area (Å²) in [5.41, 5.74) is 3.85. The van der Waals surface area contributed by atoms with Gasteiger partial charge < -0.3 is 0 Å². The molecule has 0 spiro atoms. The second kappa shape index (κ2) is 2.23. The normalized spacial score (nSPS) is 27.5. The lowest BCUT2D eigenvalue weighted by atomic mass is 9.73. The Morgan fingerprint density at radius 1 is 1.36 bits per heavy atom. The Morgan fingerprint density at radius 2 is 2.18 bits per heavy atom. The Hall–Kier alpha value is -0.520. The quantitative estimate of drug-likeness (QED) is 0.493. The summed E-state index contributed by atoms with van der Waals surface area (Å²) in [5, 5.41) is 0. The number of hydrogen-bond donors (Lipinski definition) is 0. The minimum atomic E-state index is 0.497. The van der Waals surface area contributed by atoms with Crippen molar-refractivity contribution in [3.8, 4) is 0 Å². The van der Waals surface area contributed by atoms with Crippen LogP contribution in [-0.2, 0) is 0 Å². The molecule has 2 aliphatic rings. The molecule has 0 radical (unpaired) electrons. The fourth-order valence-electron chi connectivity index (χ4n) is 2.37. The van der Waals surface area contributed by atoms with Crippen LogP contribution >= 0.6 is 0 Å². The summed E-state index contributed by atoms with van der Waals surface area (Å²) in [6.07, 6.45) is 9.97. The molecule has 0 aliphatic heterocycles. The average Bonchev–Trinajstić information content (AvgIpc) is 2.34. The molecule has 0 amide bonds. The molecule has 2 aliphatic carbocycles. The lowest BCUT2D eigenvalue weighted by Gasteiger charge is -2.32. The van der Waals surface area contributed by atoms with E-state index in [-0.39, 0.29) is 0 Å². The second-order valence-corrected chi connectivity index (χ2v) is 4.35. The first kappa shape index (κ1) is 7.15. The summed E-state index contributed by atoms with van der Waals surface area (Å²) < 4.78 is 0. The van der Waals surface area contributed by atoms with Gasteiger partial charge in [-0.15, -0.1) is 0 Å². The Labute approximate surface area is 69.0 Å². The summed E-state index contributed by atoms with van der Waals surface area (Å²) in [6.45, 7) is 4.77. The van der Waals surface area contributed by atoms with Crippen molar-refractivity contribution in [2.24, 2.45) is 5.41 Å². The highest BCUT2D eigenvalue weighted by Crippen LogP contribution is 2.44. The Bertz CT molecular complexity index is 228. The smallest absolute Gasteiger partial charge is 0.0124 e. The minimum Gasteiger partial charge on any atom is -0.0802 e. The van der Waals surface area contributed by atoms with Crippen LogP contribution in [0.3, 0.4) is 0 Å². The van der Waals surface area contributed by atoms with Crippen LogP contribution in [0.2, 0.25) is 0 Å². The van der Waals surface area contributed by atoms with Gasteiger partial charge in [-0.3, -0.25) is 0 Å². The fourth-order valence-corrected chi connectivity index (χ4v) is 2.37. The molecule has 2 rings (SSSR count). The summed E-state index contributed by atoms with van der Waals surface area (Å²) in [7, 11) is 0. The molecule has 0 saturated carbocycles. The number of hydrogen-bond acceptors (Lipinski definition) is 0. The van der Waals surface area contributed by atoms with Crippen molar-refractivity contribution in [3.05, 3.63) is 23.3 Å². The Kier molecular flexibility index (Phi) is 1.45. The number of allylic oxidation sites excluding steroid dienone is 4. The first-order valence-electron chi connectivity index (χ1n) is 4.59. The zero-order valence-electron chi connectivity index (χ0n) is 7.48. The van der Waals surface area contributed by atoms with E-state index in [9.17, 15) is 0 Å². The summed E-state index contributed by atoms with van der Waals surface area (Å²) in [6, 6.07) is 0. The molecule has 0 saturated heterocycles. The molecule has 0 fully saturated rings. The van der Waals surface area contributed by atoms with Gasteiger partial charge >= 0.3 is 0 Å². The van der Waals surface area contributed by atoms with Gasteiger partial charge in [-0.25, -0.2) is 0 Å². The van der Waals surface area contributed by atoms with Gasteiger partial charge in [-0.2, -0.15) is 0 Å². The van der Waals surface area contributed by atoms with Crippen LogP contribution in [0.4, 0.5) is 0 Å². The van der Waals surface area contributed by atoms with Gasteiger partial charge in [0.2, 0.25) is 0 Å². The largest absolute Gasteiger partial charge is 0.0802 e. The van der Waals surface area contributed by atoms with Crippen molar-refractivity contribution < 1.29 is 0 Å². The van der Waals surface area contributed by atoms with Crippen molar-refractivity contribution in [2.45, 2.75) is 39.5 Å². The van der Waals surface area contributed by atoms with Crippen LogP contribution < -0.4 is 0 Å². The molecular weight excluding hydrogens is 132 g/mol. The topological polar surface area (TPSA) is 0 Å². The molecule has 0 aromatic rings. The van der Waals surface area contributed by atoms with Crippen LogP contribution in [0.25, 0.3) is 0 Å². The minimum absolute atomic E-state index is 0.497. The summed E-state index contributed by atoms with van der Waals surface area (Å²) in [5.74, 6) is 0. The Balaban J connectivity index is 2.36. The predicted octanol–water partition coefficient (Wildman–Crippen LogP) is 3.45. The van der Waals surface area contributed by atoms with E-state index in [0.29, 0.717) is 5.41 Å². The standard InChI is InChI=1S/C11H16/c1-11(2)8-4-6-9-5-3-7-10(9)11/h3,5H,4,6-8H2,1-2H3. The van der Waals surface area contributed by atoms with Gasteiger partial charge in [0, 0.05) is 0 Å². The molecule has 0 heteroatoms. The first-order chi connectivity index (χ1) is 5.20. The monoisotopic (exact) mass is 148 g/mol. The van der Waals surface area contributed by atoms with Gasteiger partial charge in [0.15, 0.2) is 0 Å². The highest BCUT2D eigenvalue weighted by atomic mass is 14.3. The van der Waals surface area contributed by atoms with Crippen molar-refractivity contribution in [1.29, 1.82) is 0 Å². The lowest BCUT2D eigenvalue weighted by Crippen LogP contribution is -2.18. The van der Waals surface area contributed by atoms with Crippen LogP contribution in [0.5, 0.6) is 0 Å². The van der Waals surface area contributed by atoms with Gasteiger partial charge in [0.25, 0.3) is 0 Å². The van der Waals surface area contributed by atoms with Crippen LogP contribution in [-0.4, -0.2) is 0 Å². The predicted molar refractivity (Wildman–Crippen MR) is 48.4 cm³/mol. The van der Waals surface area contributed by atoms with Crippen LogP contribution in [0, 0.1) is 5.41 Å². The highest BCUT2D eigenvalue weighted by molar-refractivity contribution is 5.38. The van der Waals surface area contributed by atoms with E-state index in [2.05, 4.69) is 26.0 Å². The SMILES string of the molecule is CC1(C)CCCC2=C1CC=C2. The molecule has 0 heterocycles. The molecule has 11 heavy (non-hydrogen) atoms. The Morgan fingerprint density at radius 3 is 2.91 bits per heavy atom. The van der Waals surface area contributed by atoms with Crippen molar-refractivity contribution in [3.63, 3.8) is 0 Å². The lowest BCUT2D eigenvalue weighted by molar-refractivity contribution is 0.367. The van der Waals surface area contributed by atoms with E-state index >= 15 is 0 Å². The average molecular weight is 148 g/mol. The van der Waals surface area contributed by atoms with E-state index in [1.807, 2.05) is 0 Å². The van der Waals surface area contributed by atoms with E-state index in [0.717, 1.165) is 0 Å². The zero-order valence-corrected chi connectivity index (χ0v) is 7.48. The summed E-state index contributed by atoms with van der Waals surface area (Å²) in [4.78, 5) is 0. The third kappa shape index (κ3) is 1.05. The van der Waals surface area contributed by atoms with Crippen LogP contribution in [0.15, 0.2) is 23.3 Å². The van der Waals surface area contributed by atoms with Gasteiger partial charge in [0.05, 0.1) is 0 Å². The molecule has 0 N–H and O–H groups in total. The van der Waals surface area contributed by atoms with Gasteiger partial charge in [-0.1, -0.05) is 31.6 Å². The van der Waals surface area contributed by atoms with Crippen molar-refractivity contribution in [1.82, 2.24) is 0 Å². The fraction of sp³-hybridized carbons (Fsp3) is 0.636. The maximum Gasteiger partial charge on any atom is -0.0124 e. The molecule has 0 nitrogen and oxygen atoms in total. The van der Waals surface area contributed by atoms with Crippen molar-refractivity contribution >= 4 is 0 Å². The third-order valence-electron chi connectivity index (χ3n) is 3.09. The van der Waals surface area contributed by atoms with E-state index in [1.165, 1.54) is 25.7 Å². The molecule has 0 unspecified atom stereocenters. The number of rotatable bonds is 0. The van der Waals surface area contributed by atoms with E-state index < -0.39 is 0 Å². The zero-order chi connectivity index (χ0) is 7.90. The van der Waals surface area contributed by atoms with Gasteiger partial charge in [-0.05, 0) is 36.7 Å². The first-order valence-corrected chi connectivity index (χ1v) is 4.59. The van der Waals surface area contributed by atoms with E-state index in [4.69, 9.17) is 0 Å². The summed E-state index contributed by atoms with van der Waals surface area (Å²) >= 11 is 0. The molecule has 0 aromatic carbocycles. The van der Waals surface area contributed by atoms with Gasteiger partial charge in [0.1, 0.15) is 0 Å². The van der Waals surface area contributed by atoms with E-state index in [1.54, 1.807) is 11.1 Å². The molecule has 0 bridgehead atoms. The molecule has 0 aromatic heterocycles. The van der Waals surface area contributed by atoms with Crippen LogP contribution in [0.1, 0.15) is 39.5 Å². The van der Waals surface area contributed by atoms with Crippen molar-refractivity contribution in [2.75, 3.05) is 0 Å². The second-order valence-electron chi connectivity index (χ2n) is 4.35. The maximum absolute atomic E-state index is 2.38. The third-order valence-corrected chi connectivity index (χ3v) is 3.09. The molecule has 0 atom stereocenters. The molecule has 60 valence electrons. The molecular formula is C11H16.